The summed E-state index contributed by atoms with van der Waals surface area (Å²) in [5, 5.41) is 11.4. The van der Waals surface area contributed by atoms with Crippen LogP contribution in [0.25, 0.3) is 5.69 Å². The van der Waals surface area contributed by atoms with Gasteiger partial charge in [0.05, 0.1) is 25.6 Å². The molecule has 0 spiro atoms. The second-order valence-corrected chi connectivity index (χ2v) is 6.75. The third-order valence-electron chi connectivity index (χ3n) is 4.75. The van der Waals surface area contributed by atoms with Crippen molar-refractivity contribution in [3.8, 4) is 17.2 Å². The molecule has 0 radical (unpaired) electrons. The molecule has 2 aromatic carbocycles. The van der Waals surface area contributed by atoms with Crippen LogP contribution in [0.1, 0.15) is 40.5 Å². The molecule has 1 aliphatic carbocycles. The Morgan fingerprint density at radius 1 is 1.11 bits per heavy atom. The van der Waals surface area contributed by atoms with Crippen molar-refractivity contribution >= 4 is 5.91 Å². The molecule has 28 heavy (non-hydrogen) atoms. The Labute approximate surface area is 163 Å². The maximum atomic E-state index is 12.8. The summed E-state index contributed by atoms with van der Waals surface area (Å²) in [5.74, 6) is 1.45. The number of benzene rings is 2. The molecule has 1 heterocycles. The van der Waals surface area contributed by atoms with E-state index in [4.69, 9.17) is 9.47 Å². The van der Waals surface area contributed by atoms with Gasteiger partial charge in [-0.25, -0.2) is 4.68 Å². The zero-order chi connectivity index (χ0) is 19.5. The highest BCUT2D eigenvalue weighted by atomic mass is 16.5. The lowest BCUT2D eigenvalue weighted by Gasteiger charge is -2.10. The molecule has 0 saturated heterocycles. The molecule has 1 fully saturated rings. The molecule has 144 valence electrons. The molecule has 3 aromatic rings. The first-order chi connectivity index (χ1) is 13.7. The van der Waals surface area contributed by atoms with Crippen LogP contribution in [0.15, 0.2) is 48.5 Å². The van der Waals surface area contributed by atoms with Gasteiger partial charge >= 0.3 is 0 Å². The summed E-state index contributed by atoms with van der Waals surface area (Å²) in [6, 6.07) is 15.3. The third-order valence-corrected chi connectivity index (χ3v) is 4.75. The standard InChI is InChI=1S/C21H22N4O3/c1-27-17-10-14(11-18(12-17)28-2)13-22-21(26)19-20(15-8-9-15)25(24-23-19)16-6-4-3-5-7-16/h3-7,10-12,15H,8-9,13H2,1-2H3,(H,22,26). The zero-order valence-corrected chi connectivity index (χ0v) is 15.9. The average molecular weight is 378 g/mol. The van der Waals surface area contributed by atoms with Gasteiger partial charge in [0.25, 0.3) is 5.91 Å². The molecule has 7 nitrogen and oxygen atoms in total. The van der Waals surface area contributed by atoms with Gasteiger partial charge in [-0.3, -0.25) is 4.79 Å². The first-order valence-electron chi connectivity index (χ1n) is 9.20. The number of hydrogen-bond acceptors (Lipinski definition) is 5. The van der Waals surface area contributed by atoms with E-state index in [1.54, 1.807) is 25.0 Å². The predicted octanol–water partition coefficient (Wildman–Crippen LogP) is 3.09. The number of aromatic nitrogens is 3. The first-order valence-corrected chi connectivity index (χ1v) is 9.20. The lowest BCUT2D eigenvalue weighted by atomic mass is 10.1. The third kappa shape index (κ3) is 3.69. The smallest absolute Gasteiger partial charge is 0.274 e. The van der Waals surface area contributed by atoms with Crippen molar-refractivity contribution < 1.29 is 14.3 Å². The molecular formula is C21H22N4O3. The van der Waals surface area contributed by atoms with Crippen LogP contribution in [0, 0.1) is 0 Å². The summed E-state index contributed by atoms with van der Waals surface area (Å²) in [7, 11) is 3.20. The van der Waals surface area contributed by atoms with Crippen LogP contribution in [0.3, 0.4) is 0 Å². The summed E-state index contributed by atoms with van der Waals surface area (Å²) < 4.78 is 12.3. The van der Waals surface area contributed by atoms with Crippen LogP contribution < -0.4 is 14.8 Å². The van der Waals surface area contributed by atoms with Crippen LogP contribution in [0.2, 0.25) is 0 Å². The van der Waals surface area contributed by atoms with Gasteiger partial charge in [-0.05, 0) is 42.7 Å². The first kappa shape index (κ1) is 18.0. The highest BCUT2D eigenvalue weighted by molar-refractivity contribution is 5.93. The van der Waals surface area contributed by atoms with E-state index in [2.05, 4.69) is 15.6 Å². The van der Waals surface area contributed by atoms with Gasteiger partial charge in [-0.2, -0.15) is 0 Å². The fourth-order valence-corrected chi connectivity index (χ4v) is 3.17. The number of amides is 1. The van der Waals surface area contributed by atoms with Gasteiger partial charge in [-0.1, -0.05) is 23.4 Å². The predicted molar refractivity (Wildman–Crippen MR) is 104 cm³/mol. The number of hydrogen-bond donors (Lipinski definition) is 1. The summed E-state index contributed by atoms with van der Waals surface area (Å²) in [6.45, 7) is 0.342. The quantitative estimate of drug-likeness (QED) is 0.684. The number of nitrogens with one attached hydrogen (secondary N) is 1. The summed E-state index contributed by atoms with van der Waals surface area (Å²) in [5.41, 5.74) is 3.06. The van der Waals surface area contributed by atoms with Crippen molar-refractivity contribution in [2.45, 2.75) is 25.3 Å². The number of ether oxygens (including phenoxy) is 2. The van der Waals surface area contributed by atoms with Crippen molar-refractivity contribution in [2.75, 3.05) is 14.2 Å². The number of methoxy groups -OCH3 is 2. The van der Waals surface area contributed by atoms with Crippen molar-refractivity contribution in [3.63, 3.8) is 0 Å². The van der Waals surface area contributed by atoms with E-state index in [-0.39, 0.29) is 5.91 Å². The molecule has 1 saturated carbocycles. The van der Waals surface area contributed by atoms with Crippen LogP contribution in [0.5, 0.6) is 11.5 Å². The van der Waals surface area contributed by atoms with Crippen molar-refractivity contribution in [2.24, 2.45) is 0 Å². The van der Waals surface area contributed by atoms with Gasteiger partial charge in [0.15, 0.2) is 5.69 Å². The molecule has 1 amide bonds. The Balaban J connectivity index is 1.55. The maximum Gasteiger partial charge on any atom is 0.274 e. The molecule has 0 aliphatic heterocycles. The van der Waals surface area contributed by atoms with E-state index in [1.165, 1.54) is 0 Å². The molecule has 1 N–H and O–H groups in total. The highest BCUT2D eigenvalue weighted by Gasteiger charge is 2.34. The van der Waals surface area contributed by atoms with E-state index in [1.807, 2.05) is 42.5 Å². The Morgan fingerprint density at radius 3 is 2.39 bits per heavy atom. The number of para-hydroxylation sites is 1. The number of carbonyl (C=O) groups is 1. The highest BCUT2D eigenvalue weighted by Crippen LogP contribution is 2.41. The Kier molecular flexibility index (Phi) is 4.97. The lowest BCUT2D eigenvalue weighted by molar-refractivity contribution is 0.0944. The van der Waals surface area contributed by atoms with E-state index >= 15 is 0 Å². The van der Waals surface area contributed by atoms with E-state index < -0.39 is 0 Å². The summed E-state index contributed by atoms with van der Waals surface area (Å²) in [6.07, 6.45) is 2.10. The normalized spacial score (nSPS) is 13.2. The molecular weight excluding hydrogens is 356 g/mol. The topological polar surface area (TPSA) is 78.3 Å². The van der Waals surface area contributed by atoms with Gasteiger partial charge in [0.1, 0.15) is 11.5 Å². The molecule has 7 heteroatoms. The monoisotopic (exact) mass is 378 g/mol. The molecule has 1 aromatic heterocycles. The van der Waals surface area contributed by atoms with Gasteiger partial charge < -0.3 is 14.8 Å². The number of rotatable bonds is 7. The molecule has 0 bridgehead atoms. The minimum Gasteiger partial charge on any atom is -0.497 e. The van der Waals surface area contributed by atoms with Crippen LogP contribution in [-0.2, 0) is 6.54 Å². The van der Waals surface area contributed by atoms with E-state index in [0.717, 1.165) is 29.8 Å². The zero-order valence-electron chi connectivity index (χ0n) is 15.9. The van der Waals surface area contributed by atoms with Crippen LogP contribution >= 0.6 is 0 Å². The number of nitrogens with zero attached hydrogens (tertiary/aromatic N) is 3. The second kappa shape index (κ2) is 7.72. The Hall–Kier alpha value is -3.35. The average Bonchev–Trinajstić information content (AvgIpc) is 3.49. The van der Waals surface area contributed by atoms with Crippen LogP contribution in [-0.4, -0.2) is 35.1 Å². The fraction of sp³-hybridized carbons (Fsp3) is 0.286. The summed E-state index contributed by atoms with van der Waals surface area (Å²) in [4.78, 5) is 12.8. The lowest BCUT2D eigenvalue weighted by Crippen LogP contribution is -2.24. The number of carbonyl (C=O) groups excluding carboxylic acids is 1. The van der Waals surface area contributed by atoms with Crippen LogP contribution in [0.4, 0.5) is 0 Å². The maximum absolute atomic E-state index is 12.8. The van der Waals surface area contributed by atoms with Crippen molar-refractivity contribution in [1.82, 2.24) is 20.3 Å². The Bertz CT molecular complexity index is 958. The van der Waals surface area contributed by atoms with E-state index in [9.17, 15) is 4.79 Å². The molecule has 1 aliphatic rings. The van der Waals surface area contributed by atoms with Gasteiger partial charge in [0, 0.05) is 18.5 Å². The van der Waals surface area contributed by atoms with E-state index in [0.29, 0.717) is 29.7 Å². The van der Waals surface area contributed by atoms with Gasteiger partial charge in [0.2, 0.25) is 0 Å². The SMILES string of the molecule is COc1cc(CNC(=O)c2nnn(-c3ccccc3)c2C2CC2)cc(OC)c1. The second-order valence-electron chi connectivity index (χ2n) is 6.75. The largest absolute Gasteiger partial charge is 0.497 e. The molecule has 4 rings (SSSR count). The minimum atomic E-state index is -0.231. The molecule has 0 unspecified atom stereocenters. The van der Waals surface area contributed by atoms with Crippen molar-refractivity contribution in [1.29, 1.82) is 0 Å². The fourth-order valence-electron chi connectivity index (χ4n) is 3.17. The van der Waals surface area contributed by atoms with Gasteiger partial charge in [-0.15, -0.1) is 5.10 Å². The minimum absolute atomic E-state index is 0.231. The van der Waals surface area contributed by atoms with Crippen molar-refractivity contribution in [3.05, 3.63) is 65.5 Å². The molecule has 0 atom stereocenters. The Morgan fingerprint density at radius 2 is 1.79 bits per heavy atom. The summed E-state index contributed by atoms with van der Waals surface area (Å²) >= 11 is 0.